The fraction of sp³-hybridized carbons (Fsp3) is 0.385. The molecule has 0 aromatic heterocycles. The predicted octanol–water partition coefficient (Wildman–Crippen LogP) is 1.12. The fourth-order valence-electron chi connectivity index (χ4n) is 1.71. The molecule has 0 saturated carbocycles. The Balaban J connectivity index is 1.82. The summed E-state index contributed by atoms with van der Waals surface area (Å²) in [6, 6.07) is 6.00. The average Bonchev–Trinajstić information content (AvgIpc) is 2.46. The number of carbonyl (C=O) groups excluding carboxylic acids is 2. The zero-order chi connectivity index (χ0) is 13.7. The number of carbonyl (C=O) groups is 2. The highest BCUT2D eigenvalue weighted by Crippen LogP contribution is 2.16. The third-order valence-corrected chi connectivity index (χ3v) is 3.68. The van der Waals surface area contributed by atoms with Crippen molar-refractivity contribution in [2.24, 2.45) is 0 Å². The number of phenols is 1. The van der Waals surface area contributed by atoms with Gasteiger partial charge >= 0.3 is 0 Å². The van der Waals surface area contributed by atoms with Gasteiger partial charge in [0.05, 0.1) is 19.0 Å². The van der Waals surface area contributed by atoms with Crippen LogP contribution in [0.4, 0.5) is 0 Å². The highest BCUT2D eigenvalue weighted by Gasteiger charge is 2.18. The molecule has 1 aromatic carbocycles. The van der Waals surface area contributed by atoms with Gasteiger partial charge in [0, 0.05) is 18.7 Å². The molecule has 0 atom stereocenters. The van der Waals surface area contributed by atoms with Crippen LogP contribution in [0.3, 0.4) is 0 Å². The van der Waals surface area contributed by atoms with Gasteiger partial charge in [-0.15, -0.1) is 0 Å². The second-order valence-corrected chi connectivity index (χ2v) is 5.06. The minimum Gasteiger partial charge on any atom is -0.508 e. The van der Waals surface area contributed by atoms with Crippen LogP contribution in [0.25, 0.3) is 0 Å². The number of aromatic hydroxyl groups is 1. The molecule has 1 aliphatic heterocycles. The maximum Gasteiger partial charge on any atom is 0.233 e. The Morgan fingerprint density at radius 2 is 1.84 bits per heavy atom. The van der Waals surface area contributed by atoms with E-state index in [1.165, 1.54) is 12.1 Å². The molecule has 102 valence electrons. The fourth-order valence-corrected chi connectivity index (χ4v) is 2.45. The number of hydrogen-bond acceptors (Lipinski definition) is 5. The van der Waals surface area contributed by atoms with E-state index in [1.54, 1.807) is 17.0 Å². The third kappa shape index (κ3) is 3.97. The molecule has 0 radical (unpaired) electrons. The van der Waals surface area contributed by atoms with Gasteiger partial charge in [0.15, 0.2) is 0 Å². The highest BCUT2D eigenvalue weighted by atomic mass is 32.2. The third-order valence-electron chi connectivity index (χ3n) is 2.79. The monoisotopic (exact) mass is 281 g/mol. The van der Waals surface area contributed by atoms with Gasteiger partial charge in [-0.1, -0.05) is 11.8 Å². The van der Waals surface area contributed by atoms with E-state index in [1.807, 2.05) is 0 Å². The Kier molecular flexibility index (Phi) is 4.81. The van der Waals surface area contributed by atoms with Gasteiger partial charge in [-0.3, -0.25) is 9.59 Å². The number of amides is 1. The van der Waals surface area contributed by atoms with Crippen LogP contribution in [0.15, 0.2) is 24.3 Å². The Morgan fingerprint density at radius 1 is 1.21 bits per heavy atom. The highest BCUT2D eigenvalue weighted by molar-refractivity contribution is 8.14. The van der Waals surface area contributed by atoms with E-state index in [-0.39, 0.29) is 22.5 Å². The van der Waals surface area contributed by atoms with E-state index in [2.05, 4.69) is 0 Å². The van der Waals surface area contributed by atoms with Crippen molar-refractivity contribution >= 4 is 22.8 Å². The first-order valence-corrected chi connectivity index (χ1v) is 6.97. The first kappa shape index (κ1) is 13.9. The van der Waals surface area contributed by atoms with Gasteiger partial charge in [-0.2, -0.15) is 0 Å². The summed E-state index contributed by atoms with van der Waals surface area (Å²) in [7, 11) is 0. The Bertz CT molecular complexity index is 454. The lowest BCUT2D eigenvalue weighted by Gasteiger charge is -2.26. The SMILES string of the molecule is O=C(SCC(=O)N1CCOCC1)c1ccc(O)cc1. The molecule has 6 heteroatoms. The molecule has 0 unspecified atom stereocenters. The van der Waals surface area contributed by atoms with Crippen molar-refractivity contribution in [3.8, 4) is 5.75 Å². The number of morpholine rings is 1. The minimum absolute atomic E-state index is 0.0413. The van der Waals surface area contributed by atoms with Crippen molar-refractivity contribution in [1.29, 1.82) is 0 Å². The molecule has 1 heterocycles. The predicted molar refractivity (Wildman–Crippen MR) is 72.3 cm³/mol. The van der Waals surface area contributed by atoms with Crippen molar-refractivity contribution in [3.05, 3.63) is 29.8 Å². The Hall–Kier alpha value is -1.53. The van der Waals surface area contributed by atoms with Gasteiger partial charge in [0.25, 0.3) is 0 Å². The summed E-state index contributed by atoms with van der Waals surface area (Å²) in [4.78, 5) is 25.4. The number of hydrogen-bond donors (Lipinski definition) is 1. The molecule has 0 spiro atoms. The van der Waals surface area contributed by atoms with Gasteiger partial charge in [-0.25, -0.2) is 0 Å². The second-order valence-electron chi connectivity index (χ2n) is 4.12. The van der Waals surface area contributed by atoms with Crippen LogP contribution in [0.1, 0.15) is 10.4 Å². The lowest BCUT2D eigenvalue weighted by Crippen LogP contribution is -2.41. The number of ether oxygens (including phenoxy) is 1. The van der Waals surface area contributed by atoms with Crippen molar-refractivity contribution in [2.75, 3.05) is 32.1 Å². The molecule has 0 aliphatic carbocycles. The summed E-state index contributed by atoms with van der Waals surface area (Å²) in [5.41, 5.74) is 0.484. The van der Waals surface area contributed by atoms with E-state index in [0.717, 1.165) is 11.8 Å². The van der Waals surface area contributed by atoms with Crippen LogP contribution < -0.4 is 0 Å². The number of benzene rings is 1. The summed E-state index contributed by atoms with van der Waals surface area (Å²) >= 11 is 0.985. The van der Waals surface area contributed by atoms with Crippen molar-refractivity contribution in [3.63, 3.8) is 0 Å². The molecular formula is C13H15NO4S. The first-order valence-electron chi connectivity index (χ1n) is 5.98. The molecule has 5 nitrogen and oxygen atoms in total. The summed E-state index contributed by atoms with van der Waals surface area (Å²) < 4.78 is 5.16. The summed E-state index contributed by atoms with van der Waals surface area (Å²) in [5.74, 6) is 0.214. The number of nitrogens with zero attached hydrogens (tertiary/aromatic N) is 1. The molecule has 1 saturated heterocycles. The van der Waals surface area contributed by atoms with Gasteiger partial charge in [-0.05, 0) is 24.3 Å². The normalized spacial score (nSPS) is 15.3. The van der Waals surface area contributed by atoms with Crippen molar-refractivity contribution in [2.45, 2.75) is 0 Å². The Morgan fingerprint density at radius 3 is 2.47 bits per heavy atom. The second kappa shape index (κ2) is 6.58. The van der Waals surface area contributed by atoms with Crippen LogP contribution in [-0.2, 0) is 9.53 Å². The van der Waals surface area contributed by atoms with E-state index < -0.39 is 0 Å². The number of phenolic OH excluding ortho intramolecular Hbond substituents is 1. The summed E-state index contributed by atoms with van der Waals surface area (Å²) in [5, 5.41) is 8.97. The largest absolute Gasteiger partial charge is 0.508 e. The quantitative estimate of drug-likeness (QED) is 0.899. The molecule has 1 amide bonds. The van der Waals surface area contributed by atoms with Crippen LogP contribution in [-0.4, -0.2) is 53.1 Å². The maximum absolute atomic E-state index is 11.8. The van der Waals surface area contributed by atoms with Gasteiger partial charge in [0.1, 0.15) is 5.75 Å². The van der Waals surface area contributed by atoms with E-state index in [4.69, 9.17) is 9.84 Å². The van der Waals surface area contributed by atoms with Crippen molar-refractivity contribution < 1.29 is 19.4 Å². The van der Waals surface area contributed by atoms with E-state index in [9.17, 15) is 9.59 Å². The van der Waals surface area contributed by atoms with Crippen LogP contribution in [0.5, 0.6) is 5.75 Å². The van der Waals surface area contributed by atoms with Crippen LogP contribution >= 0.6 is 11.8 Å². The number of rotatable bonds is 3. The standard InChI is InChI=1S/C13H15NO4S/c15-11-3-1-10(2-4-11)13(17)19-9-12(16)14-5-7-18-8-6-14/h1-4,15H,5-9H2. The molecule has 1 aromatic rings. The zero-order valence-corrected chi connectivity index (χ0v) is 11.2. The van der Waals surface area contributed by atoms with Crippen molar-refractivity contribution in [1.82, 2.24) is 4.90 Å². The lowest BCUT2D eigenvalue weighted by atomic mass is 10.2. The van der Waals surface area contributed by atoms with Crippen LogP contribution in [0.2, 0.25) is 0 Å². The van der Waals surface area contributed by atoms with Gasteiger partial charge in [0.2, 0.25) is 11.0 Å². The summed E-state index contributed by atoms with van der Waals surface area (Å²) in [6.07, 6.45) is 0. The van der Waals surface area contributed by atoms with E-state index >= 15 is 0 Å². The smallest absolute Gasteiger partial charge is 0.233 e. The average molecular weight is 281 g/mol. The van der Waals surface area contributed by atoms with Gasteiger partial charge < -0.3 is 14.7 Å². The molecule has 1 aliphatic rings. The molecular weight excluding hydrogens is 266 g/mol. The number of thioether (sulfide) groups is 1. The molecule has 0 bridgehead atoms. The summed E-state index contributed by atoms with van der Waals surface area (Å²) in [6.45, 7) is 2.30. The van der Waals surface area contributed by atoms with Crippen LogP contribution in [0, 0.1) is 0 Å². The first-order chi connectivity index (χ1) is 9.16. The zero-order valence-electron chi connectivity index (χ0n) is 10.4. The maximum atomic E-state index is 11.8. The minimum atomic E-state index is -0.165. The molecule has 19 heavy (non-hydrogen) atoms. The Labute approximate surface area is 115 Å². The topological polar surface area (TPSA) is 66.8 Å². The van der Waals surface area contributed by atoms with E-state index in [0.29, 0.717) is 31.9 Å². The lowest BCUT2D eigenvalue weighted by molar-refractivity contribution is -0.132. The molecule has 1 N–H and O–H groups in total. The molecule has 2 rings (SSSR count). The molecule has 1 fully saturated rings.